The zero-order valence-electron chi connectivity index (χ0n) is 18.2. The standard InChI is InChI=1S/C19H27F2IN6O3S/c1-11(12(2)29)24-16-15(19(20,21)22-3)10-23-17(27-16)25-13-6-8-14(9-7-13)26-18(30)28-32(4,5)31/h6,8,10-12,29H,3,7,9H2,1-2,4-5H3,(H,26,30)(H2,23,24,25,27)/t11?,12-/m1/s1. The monoisotopic (exact) mass is 584 g/mol. The molecule has 1 aromatic heterocycles. The third-order valence-electron chi connectivity index (χ3n) is 4.34. The Labute approximate surface area is 196 Å². The fourth-order valence-corrected chi connectivity index (χ4v) is 3.77. The third kappa shape index (κ3) is 7.85. The van der Waals surface area contributed by atoms with Crippen molar-refractivity contribution in [1.82, 2.24) is 15.3 Å². The lowest BCUT2D eigenvalue weighted by Gasteiger charge is -2.22. The SMILES string of the molecule is C=IC(F)(F)c1cnc(NC2=CC=C(NC(=O)N=S(C)(C)=O)CC2)nc1NC(C)[C@@H](C)O. The van der Waals surface area contributed by atoms with Crippen molar-refractivity contribution in [2.24, 2.45) is 4.36 Å². The molecular formula is C19H27F2IN6O3S. The van der Waals surface area contributed by atoms with Gasteiger partial charge in [-0.1, -0.05) is 4.51 Å². The van der Waals surface area contributed by atoms with Crippen LogP contribution >= 0.6 is 20.7 Å². The Morgan fingerprint density at radius 2 is 1.94 bits per heavy atom. The van der Waals surface area contributed by atoms with Crippen LogP contribution in [0.2, 0.25) is 0 Å². The van der Waals surface area contributed by atoms with Gasteiger partial charge in [-0.15, -0.1) is 4.36 Å². The fraction of sp³-hybridized carbons (Fsp3) is 0.474. The van der Waals surface area contributed by atoms with E-state index in [1.807, 2.05) is 0 Å². The van der Waals surface area contributed by atoms with Crippen LogP contribution in [0.3, 0.4) is 0 Å². The van der Waals surface area contributed by atoms with Crippen molar-refractivity contribution in [3.8, 4) is 0 Å². The first-order valence-corrected chi connectivity index (χ1v) is 14.5. The third-order valence-corrected chi connectivity index (χ3v) is 6.49. The van der Waals surface area contributed by atoms with Gasteiger partial charge in [-0.3, -0.25) is 0 Å². The minimum atomic E-state index is -3.12. The van der Waals surface area contributed by atoms with Gasteiger partial charge in [0.15, 0.2) is 0 Å². The molecule has 2 amide bonds. The van der Waals surface area contributed by atoms with Gasteiger partial charge in [-0.25, -0.2) is 14.0 Å². The van der Waals surface area contributed by atoms with E-state index in [0.29, 0.717) is 24.2 Å². The Hall–Kier alpha value is -2.00. The number of alkyl halides is 3. The van der Waals surface area contributed by atoms with Gasteiger partial charge in [-0.05, 0) is 59.6 Å². The zero-order chi connectivity index (χ0) is 24.1. The molecule has 2 rings (SSSR count). The summed E-state index contributed by atoms with van der Waals surface area (Å²) in [7, 11) is -2.55. The predicted octanol–water partition coefficient (Wildman–Crippen LogP) is 3.52. The van der Waals surface area contributed by atoms with Crippen molar-refractivity contribution in [3.05, 3.63) is 35.3 Å². The summed E-state index contributed by atoms with van der Waals surface area (Å²) in [6.07, 6.45) is 7.36. The van der Waals surface area contributed by atoms with Crippen LogP contribution in [0, 0.1) is 0 Å². The largest absolute Gasteiger partial charge is 0.391 e. The van der Waals surface area contributed by atoms with Crippen LogP contribution in [0.25, 0.3) is 0 Å². The normalized spacial score (nSPS) is 16.3. The summed E-state index contributed by atoms with van der Waals surface area (Å²) in [4.78, 5) is 20.0. The summed E-state index contributed by atoms with van der Waals surface area (Å²) in [6.45, 7) is 3.21. The van der Waals surface area contributed by atoms with Crippen molar-refractivity contribution in [2.75, 3.05) is 23.1 Å². The molecule has 1 unspecified atom stereocenters. The first kappa shape index (κ1) is 26.3. The van der Waals surface area contributed by atoms with E-state index in [9.17, 15) is 22.9 Å². The number of anilines is 2. The number of allylic oxidation sites excluding steroid dienone is 4. The first-order valence-electron chi connectivity index (χ1n) is 9.55. The van der Waals surface area contributed by atoms with Crippen molar-refractivity contribution < 1.29 is 22.9 Å². The summed E-state index contributed by atoms with van der Waals surface area (Å²) in [5.74, 6) is 0.0550. The van der Waals surface area contributed by atoms with Crippen LogP contribution in [0.15, 0.2) is 34.1 Å². The van der Waals surface area contributed by atoms with Crippen molar-refractivity contribution in [3.63, 3.8) is 0 Å². The van der Waals surface area contributed by atoms with E-state index in [0.717, 1.165) is 6.20 Å². The smallest absolute Gasteiger partial charge is 0.353 e. The maximum Gasteiger partial charge on any atom is 0.353 e. The van der Waals surface area contributed by atoms with Gasteiger partial charge >= 0.3 is 9.96 Å². The molecule has 1 aromatic rings. The lowest BCUT2D eigenvalue weighted by molar-refractivity contribution is 0.127. The second kappa shape index (κ2) is 10.7. The van der Waals surface area contributed by atoms with Gasteiger partial charge in [0, 0.05) is 30.1 Å². The number of hydrogen-bond donors (Lipinski definition) is 4. The molecule has 1 aliphatic carbocycles. The fourth-order valence-electron chi connectivity index (χ4n) is 2.52. The zero-order valence-corrected chi connectivity index (χ0v) is 21.1. The summed E-state index contributed by atoms with van der Waals surface area (Å²) < 4.78 is 44.1. The molecule has 0 radical (unpaired) electrons. The van der Waals surface area contributed by atoms with Gasteiger partial charge < -0.3 is 21.1 Å². The van der Waals surface area contributed by atoms with E-state index < -0.39 is 52.6 Å². The van der Waals surface area contributed by atoms with Gasteiger partial charge in [0.1, 0.15) is 5.82 Å². The molecule has 2 atom stereocenters. The van der Waals surface area contributed by atoms with Gasteiger partial charge in [0.05, 0.1) is 27.4 Å². The molecule has 9 nitrogen and oxygen atoms in total. The second-order valence-corrected chi connectivity index (χ2v) is 12.1. The molecule has 0 fully saturated rings. The van der Waals surface area contributed by atoms with Crippen LogP contribution in [-0.2, 0) is 13.7 Å². The maximum atomic E-state index is 14.3. The van der Waals surface area contributed by atoms with Crippen LogP contribution in [-0.4, -0.2) is 54.5 Å². The minimum absolute atomic E-state index is 0.0616. The molecule has 4 N–H and O–H groups in total. The van der Waals surface area contributed by atoms with Crippen molar-refractivity contribution in [1.29, 1.82) is 0 Å². The number of aliphatic hydroxyl groups is 1. The summed E-state index contributed by atoms with van der Waals surface area (Å²) in [5, 5.41) is 18.1. The van der Waals surface area contributed by atoms with Crippen LogP contribution in [0.4, 0.5) is 25.3 Å². The highest BCUT2D eigenvalue weighted by molar-refractivity contribution is 14.2. The minimum Gasteiger partial charge on any atom is -0.391 e. The van der Waals surface area contributed by atoms with E-state index in [-0.39, 0.29) is 17.3 Å². The molecule has 0 saturated carbocycles. The number of halogens is 3. The number of amides is 2. The molecule has 32 heavy (non-hydrogen) atoms. The summed E-state index contributed by atoms with van der Waals surface area (Å²) in [6, 6.07) is -1.18. The van der Waals surface area contributed by atoms with Gasteiger partial charge in [0.2, 0.25) is 5.95 Å². The van der Waals surface area contributed by atoms with E-state index in [4.69, 9.17) is 0 Å². The number of carbonyl (C=O) groups excluding carboxylic acids is 1. The van der Waals surface area contributed by atoms with E-state index in [2.05, 4.69) is 34.8 Å². The number of nitrogens with zero attached hydrogens (tertiary/aromatic N) is 3. The molecule has 1 heterocycles. The lowest BCUT2D eigenvalue weighted by Crippen LogP contribution is -2.30. The Morgan fingerprint density at radius 1 is 1.31 bits per heavy atom. The molecule has 0 aliphatic heterocycles. The van der Waals surface area contributed by atoms with Crippen LogP contribution in [0.1, 0.15) is 32.3 Å². The number of carbonyl (C=O) groups is 1. The highest BCUT2D eigenvalue weighted by Crippen LogP contribution is 2.41. The predicted molar refractivity (Wildman–Crippen MR) is 132 cm³/mol. The Morgan fingerprint density at radius 3 is 2.47 bits per heavy atom. The molecule has 178 valence electrons. The molecular weight excluding hydrogens is 557 g/mol. The quantitative estimate of drug-likeness (QED) is 0.272. The number of rotatable bonds is 8. The highest BCUT2D eigenvalue weighted by atomic mass is 127. The van der Waals surface area contributed by atoms with Crippen LogP contribution in [0.5, 0.6) is 0 Å². The van der Waals surface area contributed by atoms with E-state index in [1.54, 1.807) is 26.0 Å². The molecule has 0 spiro atoms. The maximum absolute atomic E-state index is 14.3. The number of aromatic nitrogens is 2. The van der Waals surface area contributed by atoms with Crippen molar-refractivity contribution >= 4 is 52.8 Å². The molecule has 0 saturated heterocycles. The van der Waals surface area contributed by atoms with Gasteiger partial charge in [0.25, 0.3) is 0 Å². The lowest BCUT2D eigenvalue weighted by atomic mass is 10.1. The molecule has 0 bridgehead atoms. The van der Waals surface area contributed by atoms with Crippen molar-refractivity contribution in [2.45, 2.75) is 42.8 Å². The summed E-state index contributed by atoms with van der Waals surface area (Å²) >= 11 is -1.69. The summed E-state index contributed by atoms with van der Waals surface area (Å²) in [5.41, 5.74) is 0.970. The number of hydrogen-bond acceptors (Lipinski definition) is 7. The average molecular weight is 584 g/mol. The Kier molecular flexibility index (Phi) is 8.82. The van der Waals surface area contributed by atoms with E-state index in [1.165, 1.54) is 12.5 Å². The Bertz CT molecular complexity index is 1060. The molecule has 13 heteroatoms. The molecule has 1 aliphatic rings. The van der Waals surface area contributed by atoms with Crippen LogP contribution < -0.4 is 16.0 Å². The molecule has 0 aromatic carbocycles. The number of aliphatic hydroxyl groups excluding tert-OH is 1. The van der Waals surface area contributed by atoms with E-state index >= 15 is 0 Å². The Balaban J connectivity index is 2.21. The number of urea groups is 1. The number of nitrogens with one attached hydrogen (secondary N) is 3. The average Bonchev–Trinajstić information content (AvgIpc) is 2.68. The van der Waals surface area contributed by atoms with Gasteiger partial charge in [-0.2, -0.15) is 13.8 Å². The second-order valence-electron chi connectivity index (χ2n) is 7.47. The topological polar surface area (TPSA) is 129 Å². The highest BCUT2D eigenvalue weighted by Gasteiger charge is 2.33. The first-order chi connectivity index (χ1) is 14.8.